The molecule has 1 unspecified atom stereocenters. The van der Waals surface area contributed by atoms with Crippen molar-refractivity contribution >= 4 is 5.95 Å². The van der Waals surface area contributed by atoms with Crippen LogP contribution in [0, 0.1) is 0 Å². The van der Waals surface area contributed by atoms with Gasteiger partial charge in [0.25, 0.3) is 0 Å². The topological polar surface area (TPSA) is 89.0 Å². The summed E-state index contributed by atoms with van der Waals surface area (Å²) in [7, 11) is 0. The van der Waals surface area contributed by atoms with Crippen LogP contribution in [-0.4, -0.2) is 33.0 Å². The Hall–Kier alpha value is -1.14. The molecule has 4 N–H and O–H groups in total. The molecule has 0 spiro atoms. The molecule has 1 aromatic heterocycles. The van der Waals surface area contributed by atoms with Gasteiger partial charge in [-0.25, -0.2) is 4.68 Å². The van der Waals surface area contributed by atoms with Crippen LogP contribution in [0.3, 0.4) is 0 Å². The van der Waals surface area contributed by atoms with Crippen molar-refractivity contribution in [2.75, 3.05) is 18.4 Å². The van der Waals surface area contributed by atoms with Crippen molar-refractivity contribution in [1.82, 2.24) is 14.8 Å². The summed E-state index contributed by atoms with van der Waals surface area (Å²) in [5.74, 6) is 1.16. The third kappa shape index (κ3) is 1.38. The van der Waals surface area contributed by atoms with Crippen molar-refractivity contribution < 1.29 is 5.11 Å². The van der Waals surface area contributed by atoms with Gasteiger partial charge in [-0.1, -0.05) is 0 Å². The summed E-state index contributed by atoms with van der Waals surface area (Å²) in [4.78, 5) is 4.10. The first kappa shape index (κ1) is 8.46. The summed E-state index contributed by atoms with van der Waals surface area (Å²) < 4.78 is 1.76. The minimum atomic E-state index is -0.126. The Morgan fingerprint density at radius 1 is 1.69 bits per heavy atom. The van der Waals surface area contributed by atoms with Crippen LogP contribution >= 0.6 is 0 Å². The third-order valence-corrected chi connectivity index (χ3v) is 2.20. The molecule has 0 aromatic carbocycles. The number of aromatic nitrogens is 3. The van der Waals surface area contributed by atoms with E-state index in [1.165, 1.54) is 0 Å². The molecular formula is C7H13N5O. The molecule has 1 aliphatic heterocycles. The van der Waals surface area contributed by atoms with Gasteiger partial charge in [0.2, 0.25) is 5.95 Å². The second-order valence-corrected chi connectivity index (χ2v) is 3.06. The van der Waals surface area contributed by atoms with Gasteiger partial charge in [-0.05, 0) is 6.42 Å². The smallest absolute Gasteiger partial charge is 0.221 e. The third-order valence-electron chi connectivity index (χ3n) is 2.20. The zero-order valence-corrected chi connectivity index (χ0v) is 7.27. The Morgan fingerprint density at radius 3 is 3.23 bits per heavy atom. The summed E-state index contributed by atoms with van der Waals surface area (Å²) in [6.07, 6.45) is 0.956. The lowest BCUT2D eigenvalue weighted by Gasteiger charge is -2.22. The number of nitrogens with one attached hydrogen (secondary N) is 1. The van der Waals surface area contributed by atoms with Gasteiger partial charge in [-0.2, -0.15) is 10.1 Å². The van der Waals surface area contributed by atoms with Crippen LogP contribution in [0.5, 0.6) is 0 Å². The number of hydrogen-bond acceptors (Lipinski definition) is 5. The number of nitrogens with two attached hydrogens (primary N) is 1. The van der Waals surface area contributed by atoms with Crippen LogP contribution in [0.1, 0.15) is 18.3 Å². The van der Waals surface area contributed by atoms with Gasteiger partial charge in [0.05, 0.1) is 6.04 Å². The van der Waals surface area contributed by atoms with Crippen LogP contribution in [0.25, 0.3) is 0 Å². The quantitative estimate of drug-likeness (QED) is 0.552. The van der Waals surface area contributed by atoms with Crippen LogP contribution in [0.2, 0.25) is 0 Å². The molecule has 1 aromatic rings. The van der Waals surface area contributed by atoms with Gasteiger partial charge in [0.1, 0.15) is 6.61 Å². The largest absolute Gasteiger partial charge is 0.388 e. The first-order chi connectivity index (χ1) is 6.35. The lowest BCUT2D eigenvalue weighted by Crippen LogP contribution is -2.29. The molecule has 1 atom stereocenters. The van der Waals surface area contributed by atoms with Crippen molar-refractivity contribution in [3.63, 3.8) is 0 Å². The van der Waals surface area contributed by atoms with E-state index in [0.717, 1.165) is 13.0 Å². The summed E-state index contributed by atoms with van der Waals surface area (Å²) >= 11 is 0. The van der Waals surface area contributed by atoms with E-state index in [4.69, 9.17) is 10.8 Å². The van der Waals surface area contributed by atoms with Crippen molar-refractivity contribution in [3.05, 3.63) is 5.82 Å². The first-order valence-corrected chi connectivity index (χ1v) is 4.35. The highest BCUT2D eigenvalue weighted by molar-refractivity contribution is 5.27. The number of aliphatic hydroxyl groups is 1. The summed E-state index contributed by atoms with van der Waals surface area (Å²) in [5, 5.41) is 16.1. The molecule has 6 heteroatoms. The summed E-state index contributed by atoms with van der Waals surface area (Å²) in [5.41, 5.74) is 5.59. The minimum Gasteiger partial charge on any atom is -0.388 e. The van der Waals surface area contributed by atoms with E-state index in [1.807, 2.05) is 0 Å². The molecule has 0 aliphatic carbocycles. The number of rotatable bonds is 2. The average molecular weight is 183 g/mol. The maximum atomic E-state index is 8.85. The van der Waals surface area contributed by atoms with Crippen LogP contribution < -0.4 is 11.1 Å². The van der Waals surface area contributed by atoms with E-state index < -0.39 is 0 Å². The van der Waals surface area contributed by atoms with Crippen LogP contribution in [0.15, 0.2) is 0 Å². The molecule has 2 heterocycles. The number of hydrogen-bond donors (Lipinski definition) is 3. The van der Waals surface area contributed by atoms with E-state index in [-0.39, 0.29) is 12.6 Å². The molecule has 6 nitrogen and oxygen atoms in total. The van der Waals surface area contributed by atoms with Crippen molar-refractivity contribution in [2.45, 2.75) is 19.1 Å². The van der Waals surface area contributed by atoms with E-state index in [0.29, 0.717) is 18.3 Å². The second-order valence-electron chi connectivity index (χ2n) is 3.06. The Morgan fingerprint density at radius 2 is 2.54 bits per heavy atom. The number of fused-ring (bicyclic) bond motifs is 1. The molecule has 0 bridgehead atoms. The predicted octanol–water partition coefficient (Wildman–Crippen LogP) is -0.914. The van der Waals surface area contributed by atoms with Crippen LogP contribution in [0.4, 0.5) is 5.95 Å². The monoisotopic (exact) mass is 183 g/mol. The molecular weight excluding hydrogens is 170 g/mol. The van der Waals surface area contributed by atoms with Crippen molar-refractivity contribution in [2.24, 2.45) is 5.73 Å². The van der Waals surface area contributed by atoms with Gasteiger partial charge in [0, 0.05) is 13.1 Å². The highest BCUT2D eigenvalue weighted by Gasteiger charge is 2.21. The van der Waals surface area contributed by atoms with Crippen molar-refractivity contribution in [1.29, 1.82) is 0 Å². The second kappa shape index (κ2) is 3.31. The Labute approximate surface area is 75.8 Å². The van der Waals surface area contributed by atoms with Crippen LogP contribution in [-0.2, 0) is 6.61 Å². The normalized spacial score (nSPS) is 20.9. The predicted molar refractivity (Wildman–Crippen MR) is 47.1 cm³/mol. The zero-order chi connectivity index (χ0) is 9.26. The molecule has 1 aliphatic rings. The molecule has 13 heavy (non-hydrogen) atoms. The average Bonchev–Trinajstić information content (AvgIpc) is 2.59. The molecule has 2 rings (SSSR count). The zero-order valence-electron chi connectivity index (χ0n) is 7.27. The standard InChI is InChI=1S/C7H13N5O/c8-3-5-1-2-9-7-10-6(4-13)11-12(5)7/h5,13H,1-4,8H2,(H,9,10,11). The van der Waals surface area contributed by atoms with Gasteiger partial charge in [-0.15, -0.1) is 0 Å². The first-order valence-electron chi connectivity index (χ1n) is 4.35. The fraction of sp³-hybridized carbons (Fsp3) is 0.714. The van der Waals surface area contributed by atoms with E-state index in [9.17, 15) is 0 Å². The van der Waals surface area contributed by atoms with E-state index in [1.54, 1.807) is 4.68 Å². The number of nitrogens with zero attached hydrogens (tertiary/aromatic N) is 3. The molecule has 0 fully saturated rings. The fourth-order valence-corrected chi connectivity index (χ4v) is 1.50. The summed E-state index contributed by atoms with van der Waals surface area (Å²) in [6, 6.07) is 0.212. The number of anilines is 1. The summed E-state index contributed by atoms with van der Waals surface area (Å²) in [6.45, 7) is 1.30. The number of aliphatic hydroxyl groups excluding tert-OH is 1. The van der Waals surface area contributed by atoms with Gasteiger partial charge < -0.3 is 16.2 Å². The SMILES string of the molecule is NCC1CCNc2nc(CO)nn21. The van der Waals surface area contributed by atoms with E-state index in [2.05, 4.69) is 15.4 Å². The lowest BCUT2D eigenvalue weighted by atomic mass is 10.2. The van der Waals surface area contributed by atoms with Gasteiger partial charge in [0.15, 0.2) is 5.82 Å². The Kier molecular flexibility index (Phi) is 2.15. The lowest BCUT2D eigenvalue weighted by molar-refractivity contribution is 0.269. The Bertz CT molecular complexity index is 297. The van der Waals surface area contributed by atoms with E-state index >= 15 is 0 Å². The van der Waals surface area contributed by atoms with Gasteiger partial charge >= 0.3 is 0 Å². The maximum Gasteiger partial charge on any atom is 0.221 e. The molecule has 0 amide bonds. The molecule has 0 saturated heterocycles. The van der Waals surface area contributed by atoms with Crippen molar-refractivity contribution in [3.8, 4) is 0 Å². The Balaban J connectivity index is 2.32. The molecule has 72 valence electrons. The highest BCUT2D eigenvalue weighted by atomic mass is 16.3. The fourth-order valence-electron chi connectivity index (χ4n) is 1.50. The minimum absolute atomic E-state index is 0.126. The molecule has 0 saturated carbocycles. The maximum absolute atomic E-state index is 8.85. The van der Waals surface area contributed by atoms with Gasteiger partial charge in [-0.3, -0.25) is 0 Å². The molecule has 0 radical (unpaired) electrons. The highest BCUT2D eigenvalue weighted by Crippen LogP contribution is 2.20.